The summed E-state index contributed by atoms with van der Waals surface area (Å²) in [4.78, 5) is 37.2. The van der Waals surface area contributed by atoms with Crippen LogP contribution in [0.5, 0.6) is 11.5 Å². The molecule has 214 valence electrons. The second-order valence-corrected chi connectivity index (χ2v) is 9.67. The molecule has 1 saturated heterocycles. The Bertz CT molecular complexity index is 1740. The Morgan fingerprint density at radius 2 is 1.81 bits per heavy atom. The maximum Gasteiger partial charge on any atom is 0.410 e. The lowest BCUT2D eigenvalue weighted by Gasteiger charge is -2.23. The summed E-state index contributed by atoms with van der Waals surface area (Å²) in [5, 5.41) is 11.5. The predicted octanol–water partition coefficient (Wildman–Crippen LogP) is 3.51. The van der Waals surface area contributed by atoms with Crippen molar-refractivity contribution in [3.05, 3.63) is 78.4 Å². The fourth-order valence-electron chi connectivity index (χ4n) is 4.80. The molecule has 12 heteroatoms. The average Bonchev–Trinajstić information content (AvgIpc) is 3.41. The normalized spacial score (nSPS) is 15.2. The Morgan fingerprint density at radius 3 is 2.57 bits per heavy atom. The Hall–Kier alpha value is -5.39. The highest BCUT2D eigenvalue weighted by Crippen LogP contribution is 2.30. The molecule has 3 heterocycles. The number of amides is 2. The van der Waals surface area contributed by atoms with E-state index >= 15 is 0 Å². The van der Waals surface area contributed by atoms with Gasteiger partial charge in [0.15, 0.2) is 11.5 Å². The Kier molecular flexibility index (Phi) is 7.41. The van der Waals surface area contributed by atoms with E-state index in [2.05, 4.69) is 10.6 Å². The van der Waals surface area contributed by atoms with E-state index in [1.165, 1.54) is 4.90 Å². The van der Waals surface area contributed by atoms with E-state index in [1.807, 2.05) is 66.7 Å². The van der Waals surface area contributed by atoms with Crippen molar-refractivity contribution in [1.29, 1.82) is 0 Å². The summed E-state index contributed by atoms with van der Waals surface area (Å²) >= 11 is 0. The summed E-state index contributed by atoms with van der Waals surface area (Å²) in [6.45, 7) is 0.787. The van der Waals surface area contributed by atoms with Gasteiger partial charge in [-0.1, -0.05) is 36.4 Å². The molecule has 0 saturated carbocycles. The second-order valence-electron chi connectivity index (χ2n) is 9.67. The van der Waals surface area contributed by atoms with E-state index in [9.17, 15) is 9.59 Å². The van der Waals surface area contributed by atoms with E-state index in [1.54, 1.807) is 24.8 Å². The molecule has 1 fully saturated rings. The molecule has 2 amide bonds. The Morgan fingerprint density at radius 1 is 1.00 bits per heavy atom. The predicted molar refractivity (Wildman–Crippen MR) is 155 cm³/mol. The number of fused-ring (bicyclic) bond motifs is 3. The number of nitrogens with one attached hydrogen (secondary N) is 2. The number of carbonyl (C=O) groups is 2. The van der Waals surface area contributed by atoms with E-state index < -0.39 is 12.1 Å². The van der Waals surface area contributed by atoms with Gasteiger partial charge < -0.3 is 29.7 Å². The SMILES string of the molecule is COc1ccc(-c2nc3c4cccc(OC)c4nc(N[C@@H]4CN(C(=O)OCc5ccccc5)CCNC4=O)n3n2)cc1. The third kappa shape index (κ3) is 5.33. The van der Waals surface area contributed by atoms with Gasteiger partial charge in [0.1, 0.15) is 29.7 Å². The van der Waals surface area contributed by atoms with Crippen molar-refractivity contribution in [3.8, 4) is 22.9 Å². The first-order chi connectivity index (χ1) is 20.5. The molecule has 0 unspecified atom stereocenters. The van der Waals surface area contributed by atoms with E-state index in [-0.39, 0.29) is 31.6 Å². The van der Waals surface area contributed by atoms with Crippen molar-refractivity contribution in [2.75, 3.05) is 39.2 Å². The average molecular weight is 568 g/mol. The summed E-state index contributed by atoms with van der Waals surface area (Å²) in [5.41, 5.74) is 2.73. The minimum Gasteiger partial charge on any atom is -0.497 e. The fraction of sp³-hybridized carbons (Fsp3) is 0.233. The standard InChI is InChI=1S/C30H29N7O5/c1-40-21-13-11-20(12-14-21)26-34-27-22-9-6-10-24(41-2)25(22)33-29(37(27)35-26)32-23-17-36(16-15-31-28(23)38)30(39)42-18-19-7-4-3-5-8-19/h3-14,23H,15-18H2,1-2H3,(H,31,38)(H,32,33)/t23-/m1/s1. The quantitative estimate of drug-likeness (QED) is 0.303. The van der Waals surface area contributed by atoms with E-state index in [0.717, 1.165) is 16.5 Å². The molecular formula is C30H29N7O5. The fourth-order valence-corrected chi connectivity index (χ4v) is 4.80. The summed E-state index contributed by atoms with van der Waals surface area (Å²) in [5.74, 6) is 1.72. The van der Waals surface area contributed by atoms with Crippen molar-refractivity contribution in [2.45, 2.75) is 12.6 Å². The number of hydrogen-bond donors (Lipinski definition) is 2. The largest absolute Gasteiger partial charge is 0.497 e. The number of ether oxygens (including phenoxy) is 3. The second kappa shape index (κ2) is 11.6. The summed E-state index contributed by atoms with van der Waals surface area (Å²) < 4.78 is 18.0. The molecular weight excluding hydrogens is 538 g/mol. The van der Waals surface area contributed by atoms with Gasteiger partial charge in [0.25, 0.3) is 0 Å². The zero-order valence-corrected chi connectivity index (χ0v) is 23.1. The highest BCUT2D eigenvalue weighted by molar-refractivity contribution is 5.97. The van der Waals surface area contributed by atoms with Crippen molar-refractivity contribution >= 4 is 34.5 Å². The monoisotopic (exact) mass is 567 g/mol. The molecule has 2 N–H and O–H groups in total. The first-order valence-electron chi connectivity index (χ1n) is 13.4. The van der Waals surface area contributed by atoms with Crippen molar-refractivity contribution in [3.63, 3.8) is 0 Å². The highest BCUT2D eigenvalue weighted by Gasteiger charge is 2.30. The molecule has 5 aromatic rings. The molecule has 0 spiro atoms. The number of benzene rings is 3. The minimum atomic E-state index is -0.840. The topological polar surface area (TPSA) is 132 Å². The number of nitrogens with zero attached hydrogens (tertiary/aromatic N) is 5. The van der Waals surface area contributed by atoms with Crippen LogP contribution in [0.1, 0.15) is 5.56 Å². The molecule has 2 aromatic heterocycles. The third-order valence-electron chi connectivity index (χ3n) is 7.00. The van der Waals surface area contributed by atoms with Gasteiger partial charge in [-0.2, -0.15) is 4.52 Å². The van der Waals surface area contributed by atoms with Gasteiger partial charge in [-0.15, -0.1) is 5.10 Å². The van der Waals surface area contributed by atoms with Crippen LogP contribution in [0.2, 0.25) is 0 Å². The lowest BCUT2D eigenvalue weighted by Crippen LogP contribution is -2.44. The number of rotatable bonds is 7. The Labute approximate surface area is 241 Å². The number of aromatic nitrogens is 4. The van der Waals surface area contributed by atoms with Crippen LogP contribution in [0.4, 0.5) is 10.7 Å². The maximum atomic E-state index is 13.1. The van der Waals surface area contributed by atoms with E-state index in [4.69, 9.17) is 29.3 Å². The number of methoxy groups -OCH3 is 2. The number of hydrogen-bond acceptors (Lipinski definition) is 9. The van der Waals surface area contributed by atoms with Crippen molar-refractivity contribution in [1.82, 2.24) is 29.8 Å². The smallest absolute Gasteiger partial charge is 0.410 e. The number of anilines is 1. The van der Waals surface area contributed by atoms with Crippen LogP contribution < -0.4 is 20.1 Å². The van der Waals surface area contributed by atoms with Gasteiger partial charge in [-0.3, -0.25) is 4.79 Å². The van der Waals surface area contributed by atoms with Crippen LogP contribution in [0.3, 0.4) is 0 Å². The minimum absolute atomic E-state index is 0.0621. The van der Waals surface area contributed by atoms with Crippen LogP contribution in [0.15, 0.2) is 72.8 Å². The molecule has 0 aliphatic carbocycles. The van der Waals surface area contributed by atoms with Crippen LogP contribution in [0, 0.1) is 0 Å². The van der Waals surface area contributed by atoms with Crippen LogP contribution in [-0.2, 0) is 16.1 Å². The molecule has 0 radical (unpaired) electrons. The molecule has 0 bridgehead atoms. The molecule has 6 rings (SSSR count). The van der Waals surface area contributed by atoms with Gasteiger partial charge in [-0.25, -0.2) is 14.8 Å². The van der Waals surface area contributed by atoms with Gasteiger partial charge >= 0.3 is 6.09 Å². The number of carbonyl (C=O) groups excluding carboxylic acids is 2. The summed E-state index contributed by atoms with van der Waals surface area (Å²) in [6, 6.07) is 21.5. The van der Waals surface area contributed by atoms with Crippen LogP contribution >= 0.6 is 0 Å². The molecule has 1 atom stereocenters. The first kappa shape index (κ1) is 26.8. The van der Waals surface area contributed by atoms with E-state index in [0.29, 0.717) is 35.0 Å². The lowest BCUT2D eigenvalue weighted by molar-refractivity contribution is -0.121. The van der Waals surface area contributed by atoms with Crippen molar-refractivity contribution < 1.29 is 23.8 Å². The van der Waals surface area contributed by atoms with Gasteiger partial charge in [0, 0.05) is 24.0 Å². The lowest BCUT2D eigenvalue weighted by atomic mass is 10.2. The van der Waals surface area contributed by atoms with Gasteiger partial charge in [-0.05, 0) is 42.0 Å². The molecule has 1 aliphatic rings. The van der Waals surface area contributed by atoms with Gasteiger partial charge in [0.05, 0.1) is 20.8 Å². The molecule has 42 heavy (non-hydrogen) atoms. The molecule has 12 nitrogen and oxygen atoms in total. The summed E-state index contributed by atoms with van der Waals surface area (Å²) in [6.07, 6.45) is -0.511. The van der Waals surface area contributed by atoms with Crippen LogP contribution in [0.25, 0.3) is 27.9 Å². The number of para-hydroxylation sites is 1. The zero-order chi connectivity index (χ0) is 29.1. The molecule has 1 aliphatic heterocycles. The highest BCUT2D eigenvalue weighted by atomic mass is 16.6. The zero-order valence-electron chi connectivity index (χ0n) is 23.1. The third-order valence-corrected chi connectivity index (χ3v) is 7.00. The van der Waals surface area contributed by atoms with Gasteiger partial charge in [0.2, 0.25) is 11.9 Å². The van der Waals surface area contributed by atoms with Crippen LogP contribution in [-0.4, -0.2) is 76.4 Å². The maximum absolute atomic E-state index is 13.1. The van der Waals surface area contributed by atoms with Crippen molar-refractivity contribution in [2.24, 2.45) is 0 Å². The Balaban J connectivity index is 1.34. The molecule has 3 aromatic carbocycles. The summed E-state index contributed by atoms with van der Waals surface area (Å²) in [7, 11) is 3.17. The first-order valence-corrected chi connectivity index (χ1v) is 13.4.